The molecule has 7 nitrogen and oxygen atoms in total. The molecule has 2 aromatic carbocycles. The van der Waals surface area contributed by atoms with E-state index < -0.39 is 12.0 Å². The van der Waals surface area contributed by atoms with Gasteiger partial charge in [0.05, 0.1) is 29.0 Å². The Labute approximate surface area is 223 Å². The Morgan fingerprint density at radius 3 is 2.58 bits per heavy atom. The molecular weight excluding hydrogens is 562 g/mol. The molecule has 1 amide bonds. The SMILES string of the molecule is CSc1ccc([C@H]2C(C(=O)OC(C)C)=C(C)N=c3s/c(=C4/C(=O)Nc5ccc(Br)cc54)c(=O)n32)cc1. The van der Waals surface area contributed by atoms with Crippen molar-refractivity contribution in [3.05, 3.63) is 89.0 Å². The smallest absolute Gasteiger partial charge is 0.338 e. The number of esters is 1. The number of carbonyl (C=O) groups is 2. The van der Waals surface area contributed by atoms with Gasteiger partial charge in [0, 0.05) is 20.6 Å². The van der Waals surface area contributed by atoms with Gasteiger partial charge in [0.2, 0.25) is 0 Å². The normalized spacial score (nSPS) is 18.1. The predicted molar refractivity (Wildman–Crippen MR) is 145 cm³/mol. The number of fused-ring (bicyclic) bond motifs is 2. The molecule has 3 heterocycles. The van der Waals surface area contributed by atoms with Crippen LogP contribution in [-0.4, -0.2) is 28.8 Å². The molecule has 5 rings (SSSR count). The highest BCUT2D eigenvalue weighted by Gasteiger charge is 2.35. The van der Waals surface area contributed by atoms with Crippen molar-refractivity contribution in [2.75, 3.05) is 11.6 Å². The number of nitrogens with zero attached hydrogens (tertiary/aromatic N) is 2. The third-order valence-electron chi connectivity index (χ3n) is 5.94. The van der Waals surface area contributed by atoms with Crippen LogP contribution < -0.4 is 20.2 Å². The van der Waals surface area contributed by atoms with Gasteiger partial charge in [-0.05, 0) is 62.9 Å². The van der Waals surface area contributed by atoms with Crippen molar-refractivity contribution in [3.8, 4) is 0 Å². The van der Waals surface area contributed by atoms with Crippen molar-refractivity contribution >= 4 is 62.2 Å². The number of thioether (sulfide) groups is 1. The van der Waals surface area contributed by atoms with Gasteiger partial charge in [-0.1, -0.05) is 39.4 Å². The number of rotatable bonds is 4. The Morgan fingerprint density at radius 1 is 1.19 bits per heavy atom. The number of carbonyl (C=O) groups excluding carboxylic acids is 2. The Bertz CT molecular complexity index is 1630. The predicted octanol–water partition coefficient (Wildman–Crippen LogP) is 3.99. The number of hydrogen-bond acceptors (Lipinski definition) is 7. The van der Waals surface area contributed by atoms with Crippen molar-refractivity contribution in [2.24, 2.45) is 4.99 Å². The maximum Gasteiger partial charge on any atom is 0.338 e. The van der Waals surface area contributed by atoms with Crippen LogP contribution in [0.25, 0.3) is 5.57 Å². The van der Waals surface area contributed by atoms with E-state index in [2.05, 4.69) is 26.2 Å². The minimum Gasteiger partial charge on any atom is -0.459 e. The van der Waals surface area contributed by atoms with Crippen LogP contribution >= 0.6 is 39.0 Å². The maximum absolute atomic E-state index is 14.0. The average Bonchev–Trinajstić information content (AvgIpc) is 3.32. The van der Waals surface area contributed by atoms with Crippen molar-refractivity contribution in [2.45, 2.75) is 37.8 Å². The highest BCUT2D eigenvalue weighted by Crippen LogP contribution is 2.34. The highest BCUT2D eigenvalue weighted by molar-refractivity contribution is 9.10. The first kappa shape index (κ1) is 24.7. The summed E-state index contributed by atoms with van der Waals surface area (Å²) in [6.07, 6.45) is 1.65. The zero-order valence-corrected chi connectivity index (χ0v) is 23.1. The van der Waals surface area contributed by atoms with Gasteiger partial charge in [0.25, 0.3) is 11.5 Å². The average molecular weight is 585 g/mol. The molecule has 0 saturated heterocycles. The first-order chi connectivity index (χ1) is 17.2. The second kappa shape index (κ2) is 9.49. The first-order valence-electron chi connectivity index (χ1n) is 11.2. The lowest BCUT2D eigenvalue weighted by Gasteiger charge is -2.25. The summed E-state index contributed by atoms with van der Waals surface area (Å²) in [6, 6.07) is 12.4. The van der Waals surface area contributed by atoms with Gasteiger partial charge in [-0.3, -0.25) is 14.2 Å². The van der Waals surface area contributed by atoms with Crippen molar-refractivity contribution in [3.63, 3.8) is 0 Å². The van der Waals surface area contributed by atoms with Gasteiger partial charge < -0.3 is 10.1 Å². The Kier molecular flexibility index (Phi) is 6.52. The van der Waals surface area contributed by atoms with E-state index in [4.69, 9.17) is 4.74 Å². The van der Waals surface area contributed by atoms with Crippen LogP contribution in [0.1, 0.15) is 37.9 Å². The molecule has 0 fully saturated rings. The molecule has 10 heteroatoms. The molecule has 2 aliphatic heterocycles. The summed E-state index contributed by atoms with van der Waals surface area (Å²) in [5, 5.41) is 2.84. The summed E-state index contributed by atoms with van der Waals surface area (Å²) < 4.78 is 8.13. The number of amides is 1. The number of halogens is 1. The van der Waals surface area contributed by atoms with Gasteiger partial charge in [-0.2, -0.15) is 0 Å². The molecule has 1 aromatic heterocycles. The van der Waals surface area contributed by atoms with Crippen LogP contribution in [0.15, 0.2) is 72.9 Å². The van der Waals surface area contributed by atoms with Crippen LogP contribution in [0, 0.1) is 0 Å². The summed E-state index contributed by atoms with van der Waals surface area (Å²) >= 11 is 6.21. The second-order valence-corrected chi connectivity index (χ2v) is 11.4. The third kappa shape index (κ3) is 4.16. The summed E-state index contributed by atoms with van der Waals surface area (Å²) in [6.45, 7) is 5.30. The molecule has 0 spiro atoms. The zero-order chi connectivity index (χ0) is 25.7. The van der Waals surface area contributed by atoms with Crippen molar-refractivity contribution in [1.82, 2.24) is 4.57 Å². The standard InChI is InChI=1S/C26H22BrN3O4S2/c1-12(2)34-25(33)19-13(3)28-26-30(21(19)14-5-8-16(35-4)9-6-14)24(32)22(36-26)20-17-11-15(27)7-10-18(17)29-23(20)31/h5-12,21H,1-4H3,(H,29,31)/b22-20+/t21-/m0/s1. The molecule has 1 atom stereocenters. The minimum absolute atomic E-state index is 0.278. The molecule has 0 radical (unpaired) electrons. The summed E-state index contributed by atoms with van der Waals surface area (Å²) in [5.41, 5.74) is 2.77. The first-order valence-corrected chi connectivity index (χ1v) is 14.0. The molecule has 0 bridgehead atoms. The maximum atomic E-state index is 14.0. The van der Waals surface area contributed by atoms with Gasteiger partial charge in [0.1, 0.15) is 4.53 Å². The van der Waals surface area contributed by atoms with Crippen LogP contribution in [0.5, 0.6) is 0 Å². The fourth-order valence-corrected chi connectivity index (χ4v) is 6.29. The van der Waals surface area contributed by atoms with E-state index in [1.807, 2.05) is 42.7 Å². The fourth-order valence-electron chi connectivity index (χ4n) is 4.38. The van der Waals surface area contributed by atoms with E-state index in [1.165, 1.54) is 4.57 Å². The molecule has 0 aliphatic carbocycles. The van der Waals surface area contributed by atoms with Gasteiger partial charge in [-0.15, -0.1) is 11.8 Å². The number of anilines is 1. The molecule has 2 aliphatic rings. The van der Waals surface area contributed by atoms with E-state index in [0.717, 1.165) is 26.3 Å². The van der Waals surface area contributed by atoms with Crippen LogP contribution in [0.2, 0.25) is 0 Å². The number of allylic oxidation sites excluding steroid dienone is 1. The van der Waals surface area contributed by atoms with Crippen LogP contribution in [0.4, 0.5) is 5.69 Å². The Hall–Kier alpha value is -2.95. The zero-order valence-electron chi connectivity index (χ0n) is 19.9. The Morgan fingerprint density at radius 2 is 1.92 bits per heavy atom. The monoisotopic (exact) mass is 583 g/mol. The van der Waals surface area contributed by atoms with Gasteiger partial charge in [-0.25, -0.2) is 9.79 Å². The quantitative estimate of drug-likeness (QED) is 0.370. The number of nitrogens with one attached hydrogen (secondary N) is 1. The number of aromatic nitrogens is 1. The molecule has 1 N–H and O–H groups in total. The van der Waals surface area contributed by atoms with Crippen molar-refractivity contribution < 1.29 is 14.3 Å². The lowest BCUT2D eigenvalue weighted by atomic mass is 9.96. The lowest BCUT2D eigenvalue weighted by Crippen LogP contribution is -2.40. The highest BCUT2D eigenvalue weighted by atomic mass is 79.9. The molecule has 0 saturated carbocycles. The van der Waals surface area contributed by atoms with Gasteiger partial charge >= 0.3 is 5.97 Å². The second-order valence-electron chi connectivity index (χ2n) is 8.65. The molecular formula is C26H22BrN3O4S2. The topological polar surface area (TPSA) is 89.8 Å². The molecule has 0 unspecified atom stereocenters. The summed E-state index contributed by atoms with van der Waals surface area (Å²) in [4.78, 5) is 46.3. The van der Waals surface area contributed by atoms with E-state index in [-0.39, 0.29) is 22.1 Å². The van der Waals surface area contributed by atoms with Gasteiger partial charge in [0.15, 0.2) is 4.80 Å². The van der Waals surface area contributed by atoms with Crippen molar-refractivity contribution in [1.29, 1.82) is 0 Å². The Balaban J connectivity index is 1.80. The third-order valence-corrected chi connectivity index (χ3v) is 8.23. The lowest BCUT2D eigenvalue weighted by molar-refractivity contribution is -0.143. The number of benzene rings is 2. The molecule has 184 valence electrons. The fraction of sp³-hybridized carbons (Fsp3) is 0.231. The molecule has 36 heavy (non-hydrogen) atoms. The van der Waals surface area contributed by atoms with Crippen LogP contribution in [-0.2, 0) is 14.3 Å². The number of hydrogen-bond donors (Lipinski definition) is 1. The number of ether oxygens (including phenoxy) is 1. The van der Waals surface area contributed by atoms with E-state index >= 15 is 0 Å². The summed E-state index contributed by atoms with van der Waals surface area (Å²) in [5.74, 6) is -0.861. The molecule has 3 aromatic rings. The van der Waals surface area contributed by atoms with E-state index in [9.17, 15) is 14.4 Å². The minimum atomic E-state index is -0.732. The number of thiazole rings is 1. The van der Waals surface area contributed by atoms with E-state index in [1.54, 1.807) is 38.6 Å². The van der Waals surface area contributed by atoms with E-state index in [0.29, 0.717) is 32.9 Å². The van der Waals surface area contributed by atoms with Crippen LogP contribution in [0.3, 0.4) is 0 Å². The largest absolute Gasteiger partial charge is 0.459 e. The summed E-state index contributed by atoms with van der Waals surface area (Å²) in [7, 11) is 0.